The van der Waals surface area contributed by atoms with E-state index in [2.05, 4.69) is 10.3 Å². The molecule has 0 aliphatic rings. The van der Waals surface area contributed by atoms with Gasteiger partial charge < -0.3 is 15.4 Å². The second kappa shape index (κ2) is 5.83. The number of carbonyl (C=O) groups excluding carboxylic acids is 1. The number of aromatic carboxylic acids is 1. The third-order valence-electron chi connectivity index (χ3n) is 3.52. The van der Waals surface area contributed by atoms with Gasteiger partial charge in [-0.05, 0) is 37.5 Å². The molecule has 0 saturated carbocycles. The molecular formula is C16H18N2O3. The summed E-state index contributed by atoms with van der Waals surface area (Å²) in [6.07, 6.45) is 0.807. The minimum absolute atomic E-state index is 0.0569. The van der Waals surface area contributed by atoms with Crippen molar-refractivity contribution in [2.45, 2.75) is 27.2 Å². The van der Waals surface area contributed by atoms with Crippen LogP contribution < -0.4 is 5.32 Å². The lowest BCUT2D eigenvalue weighted by molar-refractivity contribution is 0.0690. The first-order valence-corrected chi connectivity index (χ1v) is 6.77. The van der Waals surface area contributed by atoms with Crippen LogP contribution in [0.4, 0.5) is 5.69 Å². The molecule has 5 heteroatoms. The monoisotopic (exact) mass is 286 g/mol. The number of nitrogens with one attached hydrogen (secondary N) is 2. The molecule has 3 N–H and O–H groups in total. The number of carbonyl (C=O) groups is 2. The molecule has 0 unspecified atom stereocenters. The lowest BCUT2D eigenvalue weighted by atomic mass is 10.1. The van der Waals surface area contributed by atoms with Crippen molar-refractivity contribution in [2.24, 2.45) is 0 Å². The fourth-order valence-corrected chi connectivity index (χ4v) is 2.44. The molecule has 0 spiro atoms. The number of amides is 1. The maximum atomic E-state index is 12.4. The van der Waals surface area contributed by atoms with Gasteiger partial charge in [0, 0.05) is 11.4 Å². The van der Waals surface area contributed by atoms with Crippen molar-refractivity contribution >= 4 is 17.6 Å². The molecule has 0 radical (unpaired) electrons. The fourth-order valence-electron chi connectivity index (χ4n) is 2.44. The number of aromatic amines is 1. The zero-order valence-electron chi connectivity index (χ0n) is 12.3. The van der Waals surface area contributed by atoms with Crippen LogP contribution in [0.3, 0.4) is 0 Å². The quantitative estimate of drug-likeness (QED) is 0.807. The number of H-pyrrole nitrogens is 1. The summed E-state index contributed by atoms with van der Waals surface area (Å²) in [5.74, 6) is -1.36. The van der Waals surface area contributed by atoms with E-state index >= 15 is 0 Å². The average molecular weight is 286 g/mol. The number of hydrogen-bond acceptors (Lipinski definition) is 2. The standard InChI is InChI=1S/C16H18N2O3/c1-4-11-7-5-6-8-12(11)18-15(19)13-9(2)14(16(20)21)17-10(13)3/h5-8,17H,4H2,1-3H3,(H,18,19)(H,20,21). The number of rotatable bonds is 4. The summed E-state index contributed by atoms with van der Waals surface area (Å²) in [6, 6.07) is 7.57. The van der Waals surface area contributed by atoms with Gasteiger partial charge >= 0.3 is 5.97 Å². The highest BCUT2D eigenvalue weighted by atomic mass is 16.4. The summed E-state index contributed by atoms with van der Waals surface area (Å²) in [4.78, 5) is 26.3. The van der Waals surface area contributed by atoms with Crippen LogP contribution in [0.15, 0.2) is 24.3 Å². The van der Waals surface area contributed by atoms with Crippen LogP contribution in [0.5, 0.6) is 0 Å². The highest BCUT2D eigenvalue weighted by molar-refractivity contribution is 6.08. The number of carboxylic acids is 1. The van der Waals surface area contributed by atoms with Gasteiger partial charge in [0.1, 0.15) is 5.69 Å². The predicted molar refractivity (Wildman–Crippen MR) is 81.0 cm³/mol. The Hall–Kier alpha value is -2.56. The zero-order chi connectivity index (χ0) is 15.6. The van der Waals surface area contributed by atoms with E-state index in [-0.39, 0.29) is 11.6 Å². The van der Waals surface area contributed by atoms with E-state index in [1.807, 2.05) is 31.2 Å². The summed E-state index contributed by atoms with van der Waals surface area (Å²) in [7, 11) is 0. The van der Waals surface area contributed by atoms with Gasteiger partial charge in [0.2, 0.25) is 0 Å². The summed E-state index contributed by atoms with van der Waals surface area (Å²) in [5, 5.41) is 12.0. The van der Waals surface area contributed by atoms with E-state index in [1.54, 1.807) is 13.8 Å². The largest absolute Gasteiger partial charge is 0.477 e. The molecule has 0 saturated heterocycles. The lowest BCUT2D eigenvalue weighted by Gasteiger charge is -2.10. The maximum absolute atomic E-state index is 12.4. The first-order valence-electron chi connectivity index (χ1n) is 6.77. The minimum atomic E-state index is -1.07. The van der Waals surface area contributed by atoms with Gasteiger partial charge in [-0.2, -0.15) is 0 Å². The number of para-hydroxylation sites is 1. The highest BCUT2D eigenvalue weighted by Crippen LogP contribution is 2.21. The lowest BCUT2D eigenvalue weighted by Crippen LogP contribution is -2.15. The molecule has 1 amide bonds. The van der Waals surface area contributed by atoms with Crippen LogP contribution in [0, 0.1) is 13.8 Å². The van der Waals surface area contributed by atoms with E-state index in [0.717, 1.165) is 17.7 Å². The molecule has 1 aromatic heterocycles. The first-order chi connectivity index (χ1) is 9.95. The molecule has 0 aliphatic carbocycles. The average Bonchev–Trinajstić information content (AvgIpc) is 2.74. The van der Waals surface area contributed by atoms with Crippen molar-refractivity contribution in [1.82, 2.24) is 4.98 Å². The van der Waals surface area contributed by atoms with Gasteiger partial charge in [-0.25, -0.2) is 4.79 Å². The topological polar surface area (TPSA) is 82.2 Å². The summed E-state index contributed by atoms with van der Waals surface area (Å²) in [6.45, 7) is 5.34. The Morgan fingerprint density at radius 2 is 1.90 bits per heavy atom. The van der Waals surface area contributed by atoms with Crippen molar-refractivity contribution in [3.8, 4) is 0 Å². The van der Waals surface area contributed by atoms with Crippen molar-refractivity contribution in [3.05, 3.63) is 52.3 Å². The SMILES string of the molecule is CCc1ccccc1NC(=O)c1c(C)[nH]c(C(=O)O)c1C. The number of aryl methyl sites for hydroxylation is 2. The van der Waals surface area contributed by atoms with Crippen LogP contribution in [0.25, 0.3) is 0 Å². The van der Waals surface area contributed by atoms with E-state index < -0.39 is 5.97 Å². The van der Waals surface area contributed by atoms with Gasteiger partial charge in [0.15, 0.2) is 0 Å². The van der Waals surface area contributed by atoms with Gasteiger partial charge in [0.05, 0.1) is 5.56 Å². The fraction of sp³-hybridized carbons (Fsp3) is 0.250. The Bertz CT molecular complexity index is 702. The molecular weight excluding hydrogens is 268 g/mol. The number of aromatic nitrogens is 1. The highest BCUT2D eigenvalue weighted by Gasteiger charge is 2.21. The van der Waals surface area contributed by atoms with Crippen LogP contribution in [-0.4, -0.2) is 22.0 Å². The Labute approximate surface area is 123 Å². The van der Waals surface area contributed by atoms with Gasteiger partial charge in [0.25, 0.3) is 5.91 Å². The van der Waals surface area contributed by atoms with Gasteiger partial charge in [-0.3, -0.25) is 4.79 Å². The van der Waals surface area contributed by atoms with Crippen molar-refractivity contribution < 1.29 is 14.7 Å². The van der Waals surface area contributed by atoms with Crippen molar-refractivity contribution in [3.63, 3.8) is 0 Å². The molecule has 0 atom stereocenters. The Kier molecular flexibility index (Phi) is 4.12. The molecule has 1 aromatic carbocycles. The third-order valence-corrected chi connectivity index (χ3v) is 3.52. The van der Waals surface area contributed by atoms with E-state index in [9.17, 15) is 9.59 Å². The second-order valence-corrected chi connectivity index (χ2v) is 4.89. The summed E-state index contributed by atoms with van der Waals surface area (Å²) in [5.41, 5.74) is 3.24. The molecule has 2 aromatic rings. The molecule has 0 fully saturated rings. The number of hydrogen-bond donors (Lipinski definition) is 3. The van der Waals surface area contributed by atoms with Gasteiger partial charge in [-0.1, -0.05) is 25.1 Å². The normalized spacial score (nSPS) is 10.4. The first kappa shape index (κ1) is 14.8. The maximum Gasteiger partial charge on any atom is 0.352 e. The number of carboxylic acid groups (broad SMARTS) is 1. The summed E-state index contributed by atoms with van der Waals surface area (Å²) >= 11 is 0. The van der Waals surface area contributed by atoms with Gasteiger partial charge in [-0.15, -0.1) is 0 Å². The molecule has 2 rings (SSSR count). The summed E-state index contributed by atoms with van der Waals surface area (Å²) < 4.78 is 0. The van der Waals surface area contributed by atoms with E-state index in [1.165, 1.54) is 0 Å². The van der Waals surface area contributed by atoms with Crippen LogP contribution in [0.2, 0.25) is 0 Å². The number of benzene rings is 1. The Morgan fingerprint density at radius 3 is 2.48 bits per heavy atom. The van der Waals surface area contributed by atoms with E-state index in [4.69, 9.17) is 5.11 Å². The molecule has 5 nitrogen and oxygen atoms in total. The Balaban J connectivity index is 2.35. The minimum Gasteiger partial charge on any atom is -0.477 e. The second-order valence-electron chi connectivity index (χ2n) is 4.89. The van der Waals surface area contributed by atoms with Crippen LogP contribution in [0.1, 0.15) is 44.6 Å². The van der Waals surface area contributed by atoms with E-state index in [0.29, 0.717) is 16.8 Å². The molecule has 110 valence electrons. The zero-order valence-corrected chi connectivity index (χ0v) is 12.3. The van der Waals surface area contributed by atoms with Crippen LogP contribution >= 0.6 is 0 Å². The molecule has 1 heterocycles. The third kappa shape index (κ3) is 2.81. The smallest absolute Gasteiger partial charge is 0.352 e. The van der Waals surface area contributed by atoms with Crippen molar-refractivity contribution in [1.29, 1.82) is 0 Å². The van der Waals surface area contributed by atoms with Crippen LogP contribution in [-0.2, 0) is 6.42 Å². The molecule has 0 aliphatic heterocycles. The number of anilines is 1. The molecule has 21 heavy (non-hydrogen) atoms. The van der Waals surface area contributed by atoms with Crippen molar-refractivity contribution in [2.75, 3.05) is 5.32 Å². The molecule has 0 bridgehead atoms. The predicted octanol–water partition coefficient (Wildman–Crippen LogP) is 3.14. The Morgan fingerprint density at radius 1 is 1.24 bits per heavy atom.